The van der Waals surface area contributed by atoms with Crippen molar-refractivity contribution in [2.45, 2.75) is 25.6 Å². The van der Waals surface area contributed by atoms with Gasteiger partial charge in [0.2, 0.25) is 0 Å². The quantitative estimate of drug-likeness (QED) is 0.876. The lowest BCUT2D eigenvalue weighted by Gasteiger charge is -2.19. The average molecular weight is 249 g/mol. The van der Waals surface area contributed by atoms with Crippen molar-refractivity contribution in [3.63, 3.8) is 0 Å². The smallest absolute Gasteiger partial charge is 0.415 e. The summed E-state index contributed by atoms with van der Waals surface area (Å²) in [6.45, 7) is 2.16. The highest BCUT2D eigenvalue weighted by molar-refractivity contribution is 6.02. The molecule has 0 unspecified atom stereocenters. The van der Waals surface area contributed by atoms with Crippen LogP contribution in [0.15, 0.2) is 24.3 Å². The molecule has 0 saturated carbocycles. The Morgan fingerprint density at radius 1 is 1.22 bits per heavy atom. The Balaban J connectivity index is 2.09. The van der Waals surface area contributed by atoms with E-state index in [-0.39, 0.29) is 0 Å². The molecule has 1 aliphatic rings. The Labute approximate surface area is 105 Å². The Morgan fingerprint density at radius 2 is 1.83 bits per heavy atom. The van der Waals surface area contributed by atoms with E-state index in [0.717, 1.165) is 11.1 Å². The molecule has 1 saturated heterocycles. The third kappa shape index (κ3) is 2.51. The van der Waals surface area contributed by atoms with Crippen molar-refractivity contribution in [1.82, 2.24) is 5.32 Å². The number of ether oxygens (including phenoxy) is 2. The molecule has 96 valence electrons. The molecule has 2 rings (SSSR count). The highest BCUT2D eigenvalue weighted by Crippen LogP contribution is 2.22. The van der Waals surface area contributed by atoms with Gasteiger partial charge in [-0.25, -0.2) is 4.79 Å². The molecule has 5 heteroatoms. The minimum absolute atomic E-state index is 0.359. The number of amides is 2. The summed E-state index contributed by atoms with van der Waals surface area (Å²) >= 11 is 0. The van der Waals surface area contributed by atoms with E-state index in [2.05, 4.69) is 5.32 Å². The molecule has 5 nitrogen and oxygen atoms in total. The first-order valence-corrected chi connectivity index (χ1v) is 5.65. The molecular formula is C13H15NO4. The number of benzene rings is 1. The van der Waals surface area contributed by atoms with Crippen LogP contribution in [-0.4, -0.2) is 24.7 Å². The summed E-state index contributed by atoms with van der Waals surface area (Å²) in [5, 5.41) is 2.14. The van der Waals surface area contributed by atoms with Gasteiger partial charge in [-0.3, -0.25) is 10.1 Å². The highest BCUT2D eigenvalue weighted by atomic mass is 16.6. The van der Waals surface area contributed by atoms with Gasteiger partial charge in [-0.1, -0.05) is 24.3 Å². The van der Waals surface area contributed by atoms with E-state index < -0.39 is 17.6 Å². The topological polar surface area (TPSA) is 64.6 Å². The van der Waals surface area contributed by atoms with Gasteiger partial charge in [0.25, 0.3) is 5.91 Å². The van der Waals surface area contributed by atoms with Crippen molar-refractivity contribution in [1.29, 1.82) is 0 Å². The lowest BCUT2D eigenvalue weighted by Crippen LogP contribution is -2.38. The summed E-state index contributed by atoms with van der Waals surface area (Å²) < 4.78 is 10.0. The Hall–Kier alpha value is -1.88. The van der Waals surface area contributed by atoms with E-state index in [1.807, 2.05) is 24.3 Å². The molecule has 0 aromatic heterocycles. The fourth-order valence-corrected chi connectivity index (χ4v) is 1.93. The van der Waals surface area contributed by atoms with E-state index in [4.69, 9.17) is 9.47 Å². The number of hydrogen-bond acceptors (Lipinski definition) is 4. The summed E-state index contributed by atoms with van der Waals surface area (Å²) in [5.41, 5.74) is 0.876. The molecule has 0 bridgehead atoms. The maximum Gasteiger partial charge on any atom is 0.415 e. The molecule has 1 fully saturated rings. The second kappa shape index (κ2) is 4.78. The molecule has 2 amide bonds. The van der Waals surface area contributed by atoms with E-state index in [1.54, 1.807) is 14.0 Å². The van der Waals surface area contributed by atoms with Crippen LogP contribution in [0.25, 0.3) is 0 Å². The third-order valence-corrected chi connectivity index (χ3v) is 2.89. The maximum atomic E-state index is 11.6. The predicted octanol–water partition coefficient (Wildman–Crippen LogP) is 1.40. The van der Waals surface area contributed by atoms with Gasteiger partial charge >= 0.3 is 6.09 Å². The molecule has 0 spiro atoms. The van der Waals surface area contributed by atoms with Crippen LogP contribution in [0.4, 0.5) is 4.79 Å². The third-order valence-electron chi connectivity index (χ3n) is 2.89. The van der Waals surface area contributed by atoms with Crippen LogP contribution in [0.2, 0.25) is 0 Å². The largest absolute Gasteiger partial charge is 0.432 e. The van der Waals surface area contributed by atoms with Crippen LogP contribution >= 0.6 is 0 Å². The monoisotopic (exact) mass is 249 g/mol. The van der Waals surface area contributed by atoms with Crippen LogP contribution in [0.1, 0.15) is 18.1 Å². The fraction of sp³-hybridized carbons (Fsp3) is 0.385. The molecule has 1 aliphatic heterocycles. The lowest BCUT2D eigenvalue weighted by atomic mass is 9.95. The second-order valence-electron chi connectivity index (χ2n) is 4.50. The van der Waals surface area contributed by atoms with Gasteiger partial charge in [0, 0.05) is 13.5 Å². The van der Waals surface area contributed by atoms with Crippen molar-refractivity contribution >= 4 is 12.0 Å². The number of hydrogen-bond donors (Lipinski definition) is 1. The molecule has 0 aliphatic carbocycles. The number of imide groups is 1. The summed E-state index contributed by atoms with van der Waals surface area (Å²) in [7, 11) is 1.64. The predicted molar refractivity (Wildman–Crippen MR) is 63.9 cm³/mol. The summed E-state index contributed by atoms with van der Waals surface area (Å²) in [4.78, 5) is 22.6. The first-order chi connectivity index (χ1) is 8.53. The minimum Gasteiger partial charge on any atom is -0.432 e. The summed E-state index contributed by atoms with van der Waals surface area (Å²) in [6, 6.07) is 7.66. The Bertz CT molecular complexity index is 468. The van der Waals surface area contributed by atoms with E-state index in [0.29, 0.717) is 13.0 Å². The van der Waals surface area contributed by atoms with Gasteiger partial charge < -0.3 is 9.47 Å². The molecule has 1 heterocycles. The van der Waals surface area contributed by atoms with Gasteiger partial charge in [-0.15, -0.1) is 0 Å². The summed E-state index contributed by atoms with van der Waals surface area (Å²) in [6.07, 6.45) is -0.323. The van der Waals surface area contributed by atoms with Crippen LogP contribution in [0.5, 0.6) is 0 Å². The number of cyclic esters (lactones) is 1. The molecule has 1 N–H and O–H groups in total. The molecule has 1 atom stereocenters. The normalized spacial score (nSPS) is 22.8. The average Bonchev–Trinajstić information content (AvgIpc) is 2.55. The zero-order valence-corrected chi connectivity index (χ0v) is 10.4. The molecule has 1 aromatic rings. The minimum atomic E-state index is -1.11. The standard InChI is InChI=1S/C13H15NO4/c1-13(11(15)14-12(16)18-13)7-9-3-5-10(6-4-9)8-17-2/h3-6H,7-8H2,1-2H3,(H,14,15,16)/t13-/m0/s1. The van der Waals surface area contributed by atoms with Gasteiger partial charge in [0.05, 0.1) is 6.61 Å². The van der Waals surface area contributed by atoms with Gasteiger partial charge in [-0.2, -0.15) is 0 Å². The van der Waals surface area contributed by atoms with Crippen molar-refractivity contribution in [2.24, 2.45) is 0 Å². The maximum absolute atomic E-state index is 11.6. The molecule has 0 radical (unpaired) electrons. The fourth-order valence-electron chi connectivity index (χ4n) is 1.93. The zero-order chi connectivity index (χ0) is 13.2. The number of carbonyl (C=O) groups excluding carboxylic acids is 2. The number of alkyl carbamates (subject to hydrolysis) is 1. The van der Waals surface area contributed by atoms with Crippen LogP contribution in [0, 0.1) is 0 Å². The number of rotatable bonds is 4. The lowest BCUT2D eigenvalue weighted by molar-refractivity contribution is -0.129. The highest BCUT2D eigenvalue weighted by Gasteiger charge is 2.44. The van der Waals surface area contributed by atoms with Crippen LogP contribution in [-0.2, 0) is 27.3 Å². The number of carbonyl (C=O) groups is 2. The van der Waals surface area contributed by atoms with E-state index >= 15 is 0 Å². The van der Waals surface area contributed by atoms with Crippen LogP contribution in [0.3, 0.4) is 0 Å². The first kappa shape index (κ1) is 12.6. The van der Waals surface area contributed by atoms with Gasteiger partial charge in [0.15, 0.2) is 5.60 Å². The molecule has 18 heavy (non-hydrogen) atoms. The Morgan fingerprint density at radius 3 is 2.33 bits per heavy atom. The van der Waals surface area contributed by atoms with Crippen molar-refractivity contribution in [3.05, 3.63) is 35.4 Å². The van der Waals surface area contributed by atoms with Crippen molar-refractivity contribution in [2.75, 3.05) is 7.11 Å². The van der Waals surface area contributed by atoms with Crippen molar-refractivity contribution in [3.8, 4) is 0 Å². The van der Waals surface area contributed by atoms with Gasteiger partial charge in [-0.05, 0) is 18.1 Å². The second-order valence-corrected chi connectivity index (χ2v) is 4.50. The molecular weight excluding hydrogens is 234 g/mol. The molecule has 1 aromatic carbocycles. The SMILES string of the molecule is COCc1ccc(C[C@]2(C)OC(=O)NC2=O)cc1. The van der Waals surface area contributed by atoms with Gasteiger partial charge in [0.1, 0.15) is 0 Å². The number of nitrogens with one attached hydrogen (secondary N) is 1. The first-order valence-electron chi connectivity index (χ1n) is 5.65. The van der Waals surface area contributed by atoms with Crippen molar-refractivity contribution < 1.29 is 19.1 Å². The van der Waals surface area contributed by atoms with E-state index in [9.17, 15) is 9.59 Å². The van der Waals surface area contributed by atoms with E-state index in [1.165, 1.54) is 0 Å². The van der Waals surface area contributed by atoms with Crippen LogP contribution < -0.4 is 5.32 Å². The summed E-state index contributed by atoms with van der Waals surface area (Å²) in [5.74, 6) is -0.395. The Kier molecular flexibility index (Phi) is 3.34. The number of methoxy groups -OCH3 is 1. The zero-order valence-electron chi connectivity index (χ0n) is 10.4.